The second-order valence-corrected chi connectivity index (χ2v) is 11.3. The Balaban J connectivity index is 1.51. The van der Waals surface area contributed by atoms with Crippen LogP contribution in [-0.4, -0.2) is 42.9 Å². The van der Waals surface area contributed by atoms with E-state index >= 15 is 0 Å². The quantitative estimate of drug-likeness (QED) is 0.612. The van der Waals surface area contributed by atoms with Crippen LogP contribution in [0, 0.1) is 22.7 Å². The molecule has 0 aromatic heterocycles. The van der Waals surface area contributed by atoms with Crippen molar-refractivity contribution in [2.24, 2.45) is 22.7 Å². The maximum atomic E-state index is 7.18. The summed E-state index contributed by atoms with van der Waals surface area (Å²) in [5.41, 5.74) is 0.250. The van der Waals surface area contributed by atoms with Crippen LogP contribution in [0.25, 0.3) is 0 Å². The molecule has 5 rings (SSSR count). The lowest BCUT2D eigenvalue weighted by atomic mass is 9.43. The minimum absolute atomic E-state index is 0.00936. The highest BCUT2D eigenvalue weighted by Crippen LogP contribution is 2.69. The summed E-state index contributed by atoms with van der Waals surface area (Å²) < 4.78 is 25.6. The molecule has 7 atom stereocenters. The minimum atomic E-state index is -0.452. The molecule has 0 aromatic rings. The third-order valence-corrected chi connectivity index (χ3v) is 9.45. The fourth-order valence-electron chi connectivity index (χ4n) is 7.86. The largest absolute Gasteiger partial charge is 0.378 e. The second-order valence-electron chi connectivity index (χ2n) is 11.3. The van der Waals surface area contributed by atoms with Crippen molar-refractivity contribution in [2.75, 3.05) is 19.8 Å². The standard InChI is InChI=1S/C23H38O4/c1-16-6-7-17-20(4)14-25-19(2,3)26-18(20)8-9-21(17,5)23(16)11-10-22(27-23)12-13-24-15-22/h16-18H,6-15H2,1-5H3/t16-,17-,18+,20+,21+,22+,23-/m1/s1. The van der Waals surface area contributed by atoms with Crippen molar-refractivity contribution in [3.63, 3.8) is 0 Å². The van der Waals surface area contributed by atoms with E-state index in [2.05, 4.69) is 34.6 Å². The van der Waals surface area contributed by atoms with Crippen molar-refractivity contribution in [3.8, 4) is 0 Å². The van der Waals surface area contributed by atoms with Crippen LogP contribution in [-0.2, 0) is 18.9 Å². The summed E-state index contributed by atoms with van der Waals surface area (Å²) >= 11 is 0. The Morgan fingerprint density at radius 1 is 0.852 bits per heavy atom. The van der Waals surface area contributed by atoms with Gasteiger partial charge in [-0.25, -0.2) is 0 Å². The summed E-state index contributed by atoms with van der Waals surface area (Å²) in [6, 6.07) is 0. The number of rotatable bonds is 0. The van der Waals surface area contributed by atoms with E-state index in [9.17, 15) is 0 Å². The minimum Gasteiger partial charge on any atom is -0.378 e. The summed E-state index contributed by atoms with van der Waals surface area (Å²) in [6.07, 6.45) is 8.58. The molecule has 2 spiro atoms. The Bertz CT molecular complexity index is 611. The molecule has 5 fully saturated rings. The molecule has 5 aliphatic rings. The first-order valence-electron chi connectivity index (χ1n) is 11.2. The molecule has 27 heavy (non-hydrogen) atoms. The Morgan fingerprint density at radius 2 is 1.67 bits per heavy atom. The van der Waals surface area contributed by atoms with Crippen molar-refractivity contribution in [3.05, 3.63) is 0 Å². The zero-order chi connectivity index (χ0) is 19.1. The molecule has 0 bridgehead atoms. The Hall–Kier alpha value is -0.160. The average molecular weight is 379 g/mol. The first kappa shape index (κ1) is 18.8. The summed E-state index contributed by atoms with van der Waals surface area (Å²) in [7, 11) is 0. The van der Waals surface area contributed by atoms with Gasteiger partial charge in [0.1, 0.15) is 0 Å². The van der Waals surface area contributed by atoms with Crippen LogP contribution in [0.15, 0.2) is 0 Å². The lowest BCUT2D eigenvalue weighted by Gasteiger charge is -2.67. The van der Waals surface area contributed by atoms with Gasteiger partial charge >= 0.3 is 0 Å². The molecular weight excluding hydrogens is 340 g/mol. The fourth-order valence-corrected chi connectivity index (χ4v) is 7.86. The highest BCUT2D eigenvalue weighted by Gasteiger charge is 2.70. The van der Waals surface area contributed by atoms with E-state index in [-0.39, 0.29) is 22.0 Å². The van der Waals surface area contributed by atoms with Crippen molar-refractivity contribution >= 4 is 0 Å². The van der Waals surface area contributed by atoms with Gasteiger partial charge < -0.3 is 18.9 Å². The van der Waals surface area contributed by atoms with E-state index in [0.29, 0.717) is 17.9 Å². The molecule has 3 saturated heterocycles. The highest BCUT2D eigenvalue weighted by atomic mass is 16.7. The van der Waals surface area contributed by atoms with Gasteiger partial charge in [0.2, 0.25) is 0 Å². The van der Waals surface area contributed by atoms with Crippen molar-refractivity contribution in [2.45, 2.75) is 103 Å². The van der Waals surface area contributed by atoms with Gasteiger partial charge in [0.05, 0.1) is 30.5 Å². The molecule has 0 aromatic carbocycles. The van der Waals surface area contributed by atoms with Crippen molar-refractivity contribution in [1.29, 1.82) is 0 Å². The summed E-state index contributed by atoms with van der Waals surface area (Å²) in [4.78, 5) is 0. The molecule has 0 N–H and O–H groups in total. The van der Waals surface area contributed by atoms with E-state index in [1.54, 1.807) is 0 Å². The predicted octanol–water partition coefficient (Wildman–Crippen LogP) is 4.70. The first-order valence-corrected chi connectivity index (χ1v) is 11.2. The average Bonchev–Trinajstić information content (AvgIpc) is 3.23. The van der Waals surface area contributed by atoms with Gasteiger partial charge in [0.25, 0.3) is 0 Å². The smallest absolute Gasteiger partial charge is 0.163 e. The Morgan fingerprint density at radius 3 is 2.41 bits per heavy atom. The van der Waals surface area contributed by atoms with Gasteiger partial charge in [0, 0.05) is 23.9 Å². The number of ether oxygens (including phenoxy) is 4. The molecule has 4 nitrogen and oxygen atoms in total. The maximum absolute atomic E-state index is 7.18. The van der Waals surface area contributed by atoms with E-state index in [1.165, 1.54) is 32.1 Å². The van der Waals surface area contributed by atoms with Crippen LogP contribution in [0.4, 0.5) is 0 Å². The normalized spacial score (nSPS) is 57.0. The van der Waals surface area contributed by atoms with Gasteiger partial charge in [0.15, 0.2) is 5.79 Å². The van der Waals surface area contributed by atoms with E-state index in [0.717, 1.165) is 32.7 Å². The van der Waals surface area contributed by atoms with Gasteiger partial charge in [-0.15, -0.1) is 0 Å². The summed E-state index contributed by atoms with van der Waals surface area (Å²) in [6.45, 7) is 14.0. The van der Waals surface area contributed by atoms with E-state index in [1.807, 2.05) is 0 Å². The first-order chi connectivity index (χ1) is 12.7. The van der Waals surface area contributed by atoms with E-state index < -0.39 is 5.79 Å². The molecule has 2 saturated carbocycles. The second kappa shape index (κ2) is 5.71. The van der Waals surface area contributed by atoms with Gasteiger partial charge in [-0.05, 0) is 64.2 Å². The zero-order valence-electron chi connectivity index (χ0n) is 17.9. The van der Waals surface area contributed by atoms with Crippen LogP contribution in [0.1, 0.15) is 79.6 Å². The molecule has 0 unspecified atom stereocenters. The van der Waals surface area contributed by atoms with Gasteiger partial charge in [-0.2, -0.15) is 0 Å². The molecule has 3 heterocycles. The van der Waals surface area contributed by atoms with Gasteiger partial charge in [-0.1, -0.05) is 20.8 Å². The molecule has 0 radical (unpaired) electrons. The molecule has 0 amide bonds. The Labute approximate surface area is 164 Å². The lowest BCUT2D eigenvalue weighted by Crippen LogP contribution is -2.68. The zero-order valence-corrected chi connectivity index (χ0v) is 17.9. The molecule has 154 valence electrons. The lowest BCUT2D eigenvalue weighted by molar-refractivity contribution is -0.358. The van der Waals surface area contributed by atoms with Crippen molar-refractivity contribution in [1.82, 2.24) is 0 Å². The highest BCUT2D eigenvalue weighted by molar-refractivity contribution is 5.18. The van der Waals surface area contributed by atoms with Crippen LogP contribution >= 0.6 is 0 Å². The summed E-state index contributed by atoms with van der Waals surface area (Å²) in [5, 5.41) is 0. The fraction of sp³-hybridized carbons (Fsp3) is 1.00. The van der Waals surface area contributed by atoms with Gasteiger partial charge in [-0.3, -0.25) is 0 Å². The van der Waals surface area contributed by atoms with Crippen molar-refractivity contribution < 1.29 is 18.9 Å². The number of hydrogen-bond acceptors (Lipinski definition) is 4. The third-order valence-electron chi connectivity index (χ3n) is 9.45. The van der Waals surface area contributed by atoms with E-state index in [4.69, 9.17) is 18.9 Å². The number of hydrogen-bond donors (Lipinski definition) is 0. The summed E-state index contributed by atoms with van der Waals surface area (Å²) in [5.74, 6) is 0.751. The maximum Gasteiger partial charge on any atom is 0.163 e. The molecule has 3 aliphatic heterocycles. The number of fused-ring (bicyclic) bond motifs is 4. The third kappa shape index (κ3) is 2.42. The molecular formula is C23H38O4. The Kier molecular flexibility index (Phi) is 3.99. The van der Waals surface area contributed by atoms with Crippen LogP contribution in [0.3, 0.4) is 0 Å². The predicted molar refractivity (Wildman–Crippen MR) is 103 cm³/mol. The van der Waals surface area contributed by atoms with Crippen LogP contribution < -0.4 is 0 Å². The molecule has 4 heteroatoms. The SMILES string of the molecule is C[C@@H]1CC[C@@H]2[C@]3(C)COC(C)(C)O[C@H]3CC[C@]2(C)[C@@]12CC[C@@]1(CCOC1)O2. The topological polar surface area (TPSA) is 36.9 Å². The van der Waals surface area contributed by atoms with Crippen LogP contribution in [0.2, 0.25) is 0 Å². The van der Waals surface area contributed by atoms with Crippen LogP contribution in [0.5, 0.6) is 0 Å². The molecule has 2 aliphatic carbocycles. The monoisotopic (exact) mass is 378 g/mol.